The first kappa shape index (κ1) is 16.9. The molecule has 1 atom stereocenters. The van der Waals surface area contributed by atoms with E-state index in [0.29, 0.717) is 25.0 Å². The maximum atomic E-state index is 5.80. The van der Waals surface area contributed by atoms with Crippen molar-refractivity contribution in [3.8, 4) is 5.88 Å². The van der Waals surface area contributed by atoms with Gasteiger partial charge in [-0.3, -0.25) is 0 Å². The Bertz CT molecular complexity index is 394. The number of hydrogen-bond donors (Lipinski definition) is 1. The Balaban J connectivity index is 2.56. The van der Waals surface area contributed by atoms with Crippen molar-refractivity contribution < 1.29 is 9.47 Å². The number of aryl methyl sites for hydroxylation is 1. The zero-order chi connectivity index (χ0) is 15.0. The lowest BCUT2D eigenvalue weighted by atomic mass is 10.2. The third-order valence-corrected chi connectivity index (χ3v) is 2.75. The van der Waals surface area contributed by atoms with Gasteiger partial charge < -0.3 is 14.8 Å². The molecule has 0 aliphatic rings. The van der Waals surface area contributed by atoms with E-state index in [-0.39, 0.29) is 6.10 Å². The van der Waals surface area contributed by atoms with Crippen LogP contribution in [0.15, 0.2) is 12.1 Å². The van der Waals surface area contributed by atoms with Crippen LogP contribution in [-0.2, 0) is 11.3 Å². The Kier molecular flexibility index (Phi) is 7.55. The van der Waals surface area contributed by atoms with Crippen LogP contribution in [0.25, 0.3) is 0 Å². The van der Waals surface area contributed by atoms with Crippen molar-refractivity contribution in [3.63, 3.8) is 0 Å². The van der Waals surface area contributed by atoms with E-state index in [1.807, 2.05) is 26.8 Å². The number of nitrogens with one attached hydrogen (secondary N) is 1. The molecular weight excluding hydrogens is 252 g/mol. The molecule has 1 unspecified atom stereocenters. The normalized spacial score (nSPS) is 12.7. The summed E-state index contributed by atoms with van der Waals surface area (Å²) in [5.41, 5.74) is 2.18. The molecule has 4 heteroatoms. The van der Waals surface area contributed by atoms with Crippen molar-refractivity contribution in [2.75, 3.05) is 19.8 Å². The molecule has 0 spiro atoms. The molecule has 0 aliphatic heterocycles. The van der Waals surface area contributed by atoms with Crippen molar-refractivity contribution in [1.82, 2.24) is 10.3 Å². The van der Waals surface area contributed by atoms with E-state index in [1.54, 1.807) is 0 Å². The van der Waals surface area contributed by atoms with E-state index in [1.165, 1.54) is 5.56 Å². The van der Waals surface area contributed by atoms with Gasteiger partial charge in [-0.2, -0.15) is 0 Å². The topological polar surface area (TPSA) is 43.4 Å². The second-order valence-electron chi connectivity index (χ2n) is 5.57. The van der Waals surface area contributed by atoms with Crippen LogP contribution in [0.1, 0.15) is 39.0 Å². The molecule has 4 nitrogen and oxygen atoms in total. The molecule has 0 aliphatic carbocycles. The van der Waals surface area contributed by atoms with E-state index in [2.05, 4.69) is 30.2 Å². The first-order valence-corrected chi connectivity index (χ1v) is 7.44. The summed E-state index contributed by atoms with van der Waals surface area (Å²) in [6.45, 7) is 13.5. The highest BCUT2D eigenvalue weighted by Crippen LogP contribution is 2.14. The summed E-state index contributed by atoms with van der Waals surface area (Å²) in [5, 5.41) is 3.44. The van der Waals surface area contributed by atoms with Crippen molar-refractivity contribution in [1.29, 1.82) is 0 Å². The molecule has 20 heavy (non-hydrogen) atoms. The van der Waals surface area contributed by atoms with Crippen LogP contribution in [0.4, 0.5) is 0 Å². The highest BCUT2D eigenvalue weighted by atomic mass is 16.5. The van der Waals surface area contributed by atoms with Crippen LogP contribution in [0.2, 0.25) is 0 Å². The quantitative estimate of drug-likeness (QED) is 0.755. The van der Waals surface area contributed by atoms with E-state index in [9.17, 15) is 0 Å². The van der Waals surface area contributed by atoms with Crippen LogP contribution in [0.3, 0.4) is 0 Å². The van der Waals surface area contributed by atoms with Crippen molar-refractivity contribution in [2.45, 2.75) is 47.3 Å². The predicted octanol–water partition coefficient (Wildman–Crippen LogP) is 2.94. The summed E-state index contributed by atoms with van der Waals surface area (Å²) in [7, 11) is 0. The predicted molar refractivity (Wildman–Crippen MR) is 82.1 cm³/mol. The lowest BCUT2D eigenvalue weighted by Gasteiger charge is -2.15. The van der Waals surface area contributed by atoms with Gasteiger partial charge in [0.1, 0.15) is 6.10 Å². The average molecular weight is 280 g/mol. The van der Waals surface area contributed by atoms with E-state index in [4.69, 9.17) is 9.47 Å². The van der Waals surface area contributed by atoms with Gasteiger partial charge in [-0.1, -0.05) is 13.8 Å². The lowest BCUT2D eigenvalue weighted by Crippen LogP contribution is -2.21. The van der Waals surface area contributed by atoms with Gasteiger partial charge in [-0.25, -0.2) is 4.98 Å². The fourth-order valence-corrected chi connectivity index (χ4v) is 1.90. The second-order valence-corrected chi connectivity index (χ2v) is 5.57. The lowest BCUT2D eigenvalue weighted by molar-refractivity contribution is 0.0632. The molecule has 0 saturated carbocycles. The minimum atomic E-state index is 0.0146. The Morgan fingerprint density at radius 3 is 2.65 bits per heavy atom. The third-order valence-electron chi connectivity index (χ3n) is 2.75. The summed E-state index contributed by atoms with van der Waals surface area (Å²) >= 11 is 0. The smallest absolute Gasteiger partial charge is 0.214 e. The van der Waals surface area contributed by atoms with Gasteiger partial charge >= 0.3 is 0 Å². The molecular formula is C16H28N2O2. The average Bonchev–Trinajstić information content (AvgIpc) is 2.35. The molecule has 0 fully saturated rings. The summed E-state index contributed by atoms with van der Waals surface area (Å²) in [5.74, 6) is 1.33. The SMILES string of the molecule is CCOCC(C)Oc1cc(CNCC(C)C)cc(C)n1. The van der Waals surface area contributed by atoms with Crippen molar-refractivity contribution in [3.05, 3.63) is 23.4 Å². The molecule has 114 valence electrons. The fraction of sp³-hybridized carbons (Fsp3) is 0.688. The molecule has 1 N–H and O–H groups in total. The van der Waals surface area contributed by atoms with Crippen molar-refractivity contribution in [2.24, 2.45) is 5.92 Å². The number of hydrogen-bond acceptors (Lipinski definition) is 4. The van der Waals surface area contributed by atoms with Crippen LogP contribution in [-0.4, -0.2) is 30.8 Å². The zero-order valence-corrected chi connectivity index (χ0v) is 13.4. The van der Waals surface area contributed by atoms with Gasteiger partial charge in [-0.15, -0.1) is 0 Å². The Morgan fingerprint density at radius 1 is 1.25 bits per heavy atom. The Labute approximate surface area is 122 Å². The second kappa shape index (κ2) is 8.93. The number of rotatable bonds is 9. The largest absolute Gasteiger partial charge is 0.472 e. The number of ether oxygens (including phenoxy) is 2. The standard InChI is InChI=1S/C16H28N2O2/c1-6-19-11-14(5)20-16-8-15(7-13(4)18-16)10-17-9-12(2)3/h7-8,12,14,17H,6,9-11H2,1-5H3. The van der Waals surface area contributed by atoms with Gasteiger partial charge in [0.25, 0.3) is 0 Å². The fourth-order valence-electron chi connectivity index (χ4n) is 1.90. The van der Waals surface area contributed by atoms with Crippen LogP contribution in [0.5, 0.6) is 5.88 Å². The summed E-state index contributed by atoms with van der Waals surface area (Å²) in [6.07, 6.45) is 0.0146. The van der Waals surface area contributed by atoms with Crippen LogP contribution >= 0.6 is 0 Å². The summed E-state index contributed by atoms with van der Waals surface area (Å²) < 4.78 is 11.2. The third kappa shape index (κ3) is 6.87. The van der Waals surface area contributed by atoms with Crippen LogP contribution < -0.4 is 10.1 Å². The number of pyridine rings is 1. The van der Waals surface area contributed by atoms with E-state index < -0.39 is 0 Å². The van der Waals surface area contributed by atoms with Gasteiger partial charge in [0, 0.05) is 24.9 Å². The minimum absolute atomic E-state index is 0.0146. The first-order chi connectivity index (χ1) is 9.51. The van der Waals surface area contributed by atoms with Crippen molar-refractivity contribution >= 4 is 0 Å². The molecule has 0 bridgehead atoms. The number of aromatic nitrogens is 1. The summed E-state index contributed by atoms with van der Waals surface area (Å²) in [6, 6.07) is 4.09. The highest BCUT2D eigenvalue weighted by Gasteiger charge is 2.07. The molecule has 0 saturated heterocycles. The molecule has 0 radical (unpaired) electrons. The molecule has 1 aromatic heterocycles. The van der Waals surface area contributed by atoms with Crippen LogP contribution in [0, 0.1) is 12.8 Å². The maximum Gasteiger partial charge on any atom is 0.214 e. The zero-order valence-electron chi connectivity index (χ0n) is 13.4. The molecule has 1 heterocycles. The number of nitrogens with zero attached hydrogens (tertiary/aromatic N) is 1. The Morgan fingerprint density at radius 2 is 2.00 bits per heavy atom. The van der Waals surface area contributed by atoms with Gasteiger partial charge in [0.15, 0.2) is 0 Å². The minimum Gasteiger partial charge on any atom is -0.472 e. The van der Waals surface area contributed by atoms with E-state index >= 15 is 0 Å². The monoisotopic (exact) mass is 280 g/mol. The maximum absolute atomic E-state index is 5.80. The summed E-state index contributed by atoms with van der Waals surface area (Å²) in [4.78, 5) is 4.42. The van der Waals surface area contributed by atoms with Gasteiger partial charge in [0.2, 0.25) is 5.88 Å². The molecule has 0 aromatic carbocycles. The van der Waals surface area contributed by atoms with E-state index in [0.717, 1.165) is 18.8 Å². The molecule has 1 aromatic rings. The molecule has 0 amide bonds. The first-order valence-electron chi connectivity index (χ1n) is 7.44. The Hall–Kier alpha value is -1.13. The van der Waals surface area contributed by atoms with Gasteiger partial charge in [0.05, 0.1) is 6.61 Å². The highest BCUT2D eigenvalue weighted by molar-refractivity contribution is 5.24. The van der Waals surface area contributed by atoms with Gasteiger partial charge in [-0.05, 0) is 44.9 Å². The molecule has 1 rings (SSSR count).